The smallest absolute Gasteiger partial charge is 0.404 e. The largest absolute Gasteiger partial charge is 0.465 e. The van der Waals surface area contributed by atoms with Crippen LogP contribution in [0.4, 0.5) is 4.79 Å². The lowest BCUT2D eigenvalue weighted by Crippen LogP contribution is -2.49. The molecule has 148 valence electrons. The Morgan fingerprint density at radius 2 is 2.21 bits per heavy atom. The SMILES string of the molecule is C#CC1CCC(NC(=O)O)CC1C1=C[C@@H]2C[C@@]3(OC(=O)C=C13)C1CCCCN12. The van der Waals surface area contributed by atoms with E-state index in [0.717, 1.165) is 49.8 Å². The van der Waals surface area contributed by atoms with Crippen molar-refractivity contribution in [1.29, 1.82) is 0 Å². The van der Waals surface area contributed by atoms with Gasteiger partial charge in [0.05, 0.1) is 6.04 Å². The Balaban J connectivity index is 1.53. The standard InChI is InChI=1S/C22H26N2O4/c1-2-13-6-7-14(23-21(26)27)9-16(13)17-10-15-12-22(18(17)11-20(25)28-22)19-5-3-4-8-24(15)19/h1,10-11,13-16,19,23H,3-9,12H2,(H,26,27)/t13?,14?,15-,16?,19?,22+/m1/s1. The monoisotopic (exact) mass is 382 g/mol. The summed E-state index contributed by atoms with van der Waals surface area (Å²) in [5.41, 5.74) is 1.62. The highest BCUT2D eigenvalue weighted by Crippen LogP contribution is 2.56. The number of esters is 1. The van der Waals surface area contributed by atoms with Gasteiger partial charge in [0.2, 0.25) is 0 Å². The van der Waals surface area contributed by atoms with Crippen molar-refractivity contribution in [3.8, 4) is 12.3 Å². The summed E-state index contributed by atoms with van der Waals surface area (Å²) in [5, 5.41) is 11.8. The molecule has 5 aliphatic rings. The maximum absolute atomic E-state index is 12.4. The molecule has 2 aliphatic carbocycles. The topological polar surface area (TPSA) is 78.9 Å². The Morgan fingerprint density at radius 1 is 1.36 bits per heavy atom. The van der Waals surface area contributed by atoms with Crippen LogP contribution < -0.4 is 5.32 Å². The van der Waals surface area contributed by atoms with E-state index in [1.54, 1.807) is 6.08 Å². The molecule has 2 saturated heterocycles. The number of hydrogen-bond acceptors (Lipinski definition) is 4. The molecule has 0 radical (unpaired) electrons. The molecule has 2 bridgehead atoms. The van der Waals surface area contributed by atoms with E-state index in [-0.39, 0.29) is 35.9 Å². The van der Waals surface area contributed by atoms with Gasteiger partial charge in [0.25, 0.3) is 0 Å². The number of hydrogen-bond donors (Lipinski definition) is 2. The lowest BCUT2D eigenvalue weighted by Gasteiger charge is -2.41. The Bertz CT molecular complexity index is 825. The van der Waals surface area contributed by atoms with Gasteiger partial charge in [0, 0.05) is 36.1 Å². The van der Waals surface area contributed by atoms with Crippen molar-refractivity contribution in [2.24, 2.45) is 11.8 Å². The molecule has 4 unspecified atom stereocenters. The predicted molar refractivity (Wildman–Crippen MR) is 102 cm³/mol. The third kappa shape index (κ3) is 2.52. The van der Waals surface area contributed by atoms with Crippen LogP contribution in [0, 0.1) is 24.2 Å². The van der Waals surface area contributed by atoms with E-state index in [1.165, 1.54) is 6.42 Å². The molecule has 1 spiro atoms. The van der Waals surface area contributed by atoms with Gasteiger partial charge < -0.3 is 15.2 Å². The third-order valence-corrected chi connectivity index (χ3v) is 7.50. The van der Waals surface area contributed by atoms with Crippen LogP contribution >= 0.6 is 0 Å². The molecule has 3 aliphatic heterocycles. The van der Waals surface area contributed by atoms with Gasteiger partial charge in [0.15, 0.2) is 5.60 Å². The average molecular weight is 382 g/mol. The first kappa shape index (κ1) is 17.8. The molecule has 0 aromatic heterocycles. The second-order valence-electron chi connectivity index (χ2n) is 8.85. The lowest BCUT2D eigenvalue weighted by atomic mass is 9.66. The number of fused-ring (bicyclic) bond motifs is 3. The van der Waals surface area contributed by atoms with Crippen LogP contribution in [0.1, 0.15) is 44.9 Å². The zero-order chi connectivity index (χ0) is 19.5. The van der Waals surface area contributed by atoms with E-state index < -0.39 is 11.7 Å². The second-order valence-corrected chi connectivity index (χ2v) is 8.85. The minimum absolute atomic E-state index is 0.0554. The van der Waals surface area contributed by atoms with Crippen LogP contribution in [-0.4, -0.2) is 52.3 Å². The first-order chi connectivity index (χ1) is 13.5. The van der Waals surface area contributed by atoms with Crippen molar-refractivity contribution in [3.63, 3.8) is 0 Å². The molecule has 6 atom stereocenters. The Labute approximate surface area is 165 Å². The number of carbonyl (C=O) groups is 2. The highest BCUT2D eigenvalue weighted by atomic mass is 16.6. The van der Waals surface area contributed by atoms with Crippen LogP contribution in [0.15, 0.2) is 23.3 Å². The number of piperidine rings is 1. The molecule has 3 fully saturated rings. The quantitative estimate of drug-likeness (QED) is 0.567. The fourth-order valence-electron chi connectivity index (χ4n) is 6.44. The second kappa shape index (κ2) is 6.38. The summed E-state index contributed by atoms with van der Waals surface area (Å²) in [4.78, 5) is 26.1. The molecule has 6 heteroatoms. The van der Waals surface area contributed by atoms with Gasteiger partial charge in [-0.3, -0.25) is 4.90 Å². The summed E-state index contributed by atoms with van der Waals surface area (Å²) in [6, 6.07) is 0.415. The van der Waals surface area contributed by atoms with Crippen molar-refractivity contribution in [1.82, 2.24) is 10.2 Å². The van der Waals surface area contributed by atoms with Gasteiger partial charge >= 0.3 is 12.1 Å². The van der Waals surface area contributed by atoms with Crippen LogP contribution in [0.3, 0.4) is 0 Å². The number of amides is 1. The molecule has 3 heterocycles. The van der Waals surface area contributed by atoms with E-state index >= 15 is 0 Å². The summed E-state index contributed by atoms with van der Waals surface area (Å²) in [6.45, 7) is 1.04. The number of nitrogens with zero attached hydrogens (tertiary/aromatic N) is 1. The van der Waals surface area contributed by atoms with Gasteiger partial charge in [0.1, 0.15) is 0 Å². The predicted octanol–water partition coefficient (Wildman–Crippen LogP) is 2.46. The minimum atomic E-state index is -0.993. The van der Waals surface area contributed by atoms with Crippen molar-refractivity contribution in [2.45, 2.75) is 68.7 Å². The van der Waals surface area contributed by atoms with Crippen molar-refractivity contribution >= 4 is 12.1 Å². The Hall–Kier alpha value is -2.26. The normalized spacial score (nSPS) is 41.8. The fraction of sp³-hybridized carbons (Fsp3) is 0.636. The summed E-state index contributed by atoms with van der Waals surface area (Å²) in [6.07, 6.45) is 15.3. The third-order valence-electron chi connectivity index (χ3n) is 7.50. The molecule has 0 aromatic rings. The van der Waals surface area contributed by atoms with Gasteiger partial charge in [-0.2, -0.15) is 0 Å². The number of rotatable bonds is 2. The number of carbonyl (C=O) groups excluding carboxylic acids is 1. The lowest BCUT2D eigenvalue weighted by molar-refractivity contribution is -0.148. The highest BCUT2D eigenvalue weighted by molar-refractivity contribution is 5.89. The number of ether oxygens (including phenoxy) is 1. The molecule has 6 nitrogen and oxygen atoms in total. The molecular formula is C22H26N2O4. The van der Waals surface area contributed by atoms with Gasteiger partial charge in [-0.05, 0) is 50.1 Å². The minimum Gasteiger partial charge on any atom is -0.465 e. The number of carboxylic acid groups (broad SMARTS) is 1. The molecule has 1 amide bonds. The van der Waals surface area contributed by atoms with Gasteiger partial charge in [-0.15, -0.1) is 12.3 Å². The molecule has 0 aromatic carbocycles. The molecule has 5 rings (SSSR count). The number of nitrogens with one attached hydrogen (secondary N) is 1. The summed E-state index contributed by atoms with van der Waals surface area (Å²) in [5.74, 6) is 2.81. The van der Waals surface area contributed by atoms with Crippen molar-refractivity contribution in [3.05, 3.63) is 23.3 Å². The maximum Gasteiger partial charge on any atom is 0.404 e. The van der Waals surface area contributed by atoms with Gasteiger partial charge in [-0.1, -0.05) is 12.5 Å². The maximum atomic E-state index is 12.4. The average Bonchev–Trinajstić information content (AvgIpc) is 3.15. The van der Waals surface area contributed by atoms with E-state index in [2.05, 4.69) is 22.2 Å². The summed E-state index contributed by atoms with van der Waals surface area (Å²) in [7, 11) is 0. The molecule has 1 saturated carbocycles. The van der Waals surface area contributed by atoms with E-state index in [1.807, 2.05) is 0 Å². The first-order valence-corrected chi connectivity index (χ1v) is 10.4. The van der Waals surface area contributed by atoms with E-state index in [0.29, 0.717) is 6.42 Å². The van der Waals surface area contributed by atoms with Crippen molar-refractivity contribution in [2.75, 3.05) is 6.54 Å². The number of terminal acetylenes is 1. The van der Waals surface area contributed by atoms with Crippen LogP contribution in [0.25, 0.3) is 0 Å². The summed E-state index contributed by atoms with van der Waals surface area (Å²) < 4.78 is 6.02. The summed E-state index contributed by atoms with van der Waals surface area (Å²) >= 11 is 0. The highest BCUT2D eigenvalue weighted by Gasteiger charge is 2.62. The van der Waals surface area contributed by atoms with Crippen LogP contribution in [-0.2, 0) is 9.53 Å². The van der Waals surface area contributed by atoms with E-state index in [4.69, 9.17) is 16.3 Å². The van der Waals surface area contributed by atoms with Crippen molar-refractivity contribution < 1.29 is 19.4 Å². The van der Waals surface area contributed by atoms with Crippen LogP contribution in [0.5, 0.6) is 0 Å². The zero-order valence-corrected chi connectivity index (χ0v) is 15.9. The van der Waals surface area contributed by atoms with Crippen LogP contribution in [0.2, 0.25) is 0 Å². The Morgan fingerprint density at radius 3 is 3.00 bits per heavy atom. The molecule has 28 heavy (non-hydrogen) atoms. The first-order valence-electron chi connectivity index (χ1n) is 10.4. The van der Waals surface area contributed by atoms with Gasteiger partial charge in [-0.25, -0.2) is 9.59 Å². The fourth-order valence-corrected chi connectivity index (χ4v) is 6.44. The Kier molecular flexibility index (Phi) is 4.06. The van der Waals surface area contributed by atoms with E-state index in [9.17, 15) is 9.59 Å². The molecular weight excluding hydrogens is 356 g/mol. The molecule has 2 N–H and O–H groups in total. The zero-order valence-electron chi connectivity index (χ0n) is 15.9.